The van der Waals surface area contributed by atoms with Crippen molar-refractivity contribution in [3.05, 3.63) is 72.8 Å². The van der Waals surface area contributed by atoms with Crippen molar-refractivity contribution in [2.75, 3.05) is 6.54 Å². The Bertz CT molecular complexity index is 1850. The Balaban J connectivity index is 1.20. The SMILES string of the molecule is C=CC[C@@H]1C[C@]1(NC(=O)[C@@H]1C[C@@H](O/N=C/c2ccc(-c3ccccc3)cc2)CN1C(=O)[C@@H](NC(=O)OC1CCCC1)C(C)(C)C)C(=O)NS(=O)(=O)C1CC1. The van der Waals surface area contributed by atoms with Crippen LogP contribution in [0.15, 0.2) is 72.4 Å². The van der Waals surface area contributed by atoms with Crippen molar-refractivity contribution in [2.45, 2.75) is 114 Å². The Kier molecular flexibility index (Phi) is 11.5. The summed E-state index contributed by atoms with van der Waals surface area (Å²) in [6, 6.07) is 15.5. The predicted octanol–water partition coefficient (Wildman–Crippen LogP) is 4.82. The van der Waals surface area contributed by atoms with Gasteiger partial charge in [0.15, 0.2) is 0 Å². The van der Waals surface area contributed by atoms with E-state index in [2.05, 4.69) is 27.1 Å². The first-order valence-electron chi connectivity index (χ1n) is 18.8. The highest BCUT2D eigenvalue weighted by Gasteiger charge is 2.62. The smallest absolute Gasteiger partial charge is 0.408 e. The lowest BCUT2D eigenvalue weighted by atomic mass is 9.85. The molecular weight excluding hydrogens is 711 g/mol. The molecule has 1 saturated heterocycles. The third kappa shape index (κ3) is 9.14. The molecule has 3 aliphatic carbocycles. The van der Waals surface area contributed by atoms with E-state index in [-0.39, 0.29) is 31.4 Å². The number of carbonyl (C=O) groups excluding carboxylic acids is 4. The molecule has 13 nitrogen and oxygen atoms in total. The van der Waals surface area contributed by atoms with Crippen molar-refractivity contribution < 1.29 is 37.2 Å². The van der Waals surface area contributed by atoms with Crippen LogP contribution in [-0.4, -0.2) is 85.0 Å². The van der Waals surface area contributed by atoms with Crippen molar-refractivity contribution in [3.8, 4) is 11.1 Å². The highest BCUT2D eigenvalue weighted by molar-refractivity contribution is 7.91. The largest absolute Gasteiger partial charge is 0.446 e. The van der Waals surface area contributed by atoms with E-state index in [1.807, 2.05) is 75.4 Å². The van der Waals surface area contributed by atoms with Crippen LogP contribution >= 0.6 is 0 Å². The molecule has 3 saturated carbocycles. The van der Waals surface area contributed by atoms with Gasteiger partial charge in [0.05, 0.1) is 18.0 Å². The molecule has 0 aromatic heterocycles. The lowest BCUT2D eigenvalue weighted by Gasteiger charge is -2.35. The first-order chi connectivity index (χ1) is 25.7. The summed E-state index contributed by atoms with van der Waals surface area (Å²) in [4.78, 5) is 62.5. The van der Waals surface area contributed by atoms with Crippen LogP contribution in [-0.2, 0) is 34.0 Å². The zero-order valence-corrected chi connectivity index (χ0v) is 32.0. The van der Waals surface area contributed by atoms with Crippen LogP contribution in [0.3, 0.4) is 0 Å². The van der Waals surface area contributed by atoms with Gasteiger partial charge in [-0.2, -0.15) is 0 Å². The molecule has 6 rings (SSSR count). The van der Waals surface area contributed by atoms with Gasteiger partial charge in [-0.3, -0.25) is 19.1 Å². The van der Waals surface area contributed by atoms with Crippen molar-refractivity contribution in [3.63, 3.8) is 0 Å². The molecule has 4 amide bonds. The first kappa shape index (κ1) is 39.0. The number of carbonyl (C=O) groups is 4. The summed E-state index contributed by atoms with van der Waals surface area (Å²) in [5.74, 6) is -2.34. The number of amides is 4. The second-order valence-corrected chi connectivity index (χ2v) is 18.0. The molecule has 5 atom stereocenters. The maximum absolute atomic E-state index is 14.4. The molecule has 4 aliphatic rings. The van der Waals surface area contributed by atoms with Gasteiger partial charge in [0.2, 0.25) is 21.8 Å². The van der Waals surface area contributed by atoms with Crippen molar-refractivity contribution >= 4 is 40.1 Å². The summed E-state index contributed by atoms with van der Waals surface area (Å²) < 4.78 is 33.3. The molecule has 1 aliphatic heterocycles. The summed E-state index contributed by atoms with van der Waals surface area (Å²) in [6.07, 6.45) is 6.55. The highest BCUT2D eigenvalue weighted by Crippen LogP contribution is 2.47. The number of allylic oxidation sites excluding steroid dienone is 1. The molecule has 0 radical (unpaired) electrons. The molecule has 0 unspecified atom stereocenters. The van der Waals surface area contributed by atoms with Gasteiger partial charge in [0.1, 0.15) is 29.8 Å². The normalized spacial score (nSPS) is 24.8. The van der Waals surface area contributed by atoms with Crippen LogP contribution in [0.25, 0.3) is 11.1 Å². The number of hydrogen-bond acceptors (Lipinski definition) is 9. The molecule has 2 aromatic carbocycles. The Morgan fingerprint density at radius 2 is 1.65 bits per heavy atom. The third-order valence-electron chi connectivity index (χ3n) is 10.7. The number of sulfonamides is 1. The van der Waals surface area contributed by atoms with Gasteiger partial charge in [-0.15, -0.1) is 6.58 Å². The van der Waals surface area contributed by atoms with E-state index < -0.39 is 68.2 Å². The number of hydrogen-bond donors (Lipinski definition) is 3. The maximum Gasteiger partial charge on any atom is 0.408 e. The van der Waals surface area contributed by atoms with Crippen LogP contribution in [0.1, 0.15) is 84.1 Å². The minimum absolute atomic E-state index is 0.0293. The average Bonchev–Trinajstić information content (AvgIpc) is 4.00. The number of benzene rings is 2. The molecule has 0 spiro atoms. The minimum atomic E-state index is -3.88. The fourth-order valence-electron chi connectivity index (χ4n) is 7.35. The summed E-state index contributed by atoms with van der Waals surface area (Å²) in [7, 11) is -3.88. The molecule has 14 heteroatoms. The number of alkyl carbamates (subject to hydrolysis) is 1. The molecule has 54 heavy (non-hydrogen) atoms. The number of nitrogens with one attached hydrogen (secondary N) is 3. The van der Waals surface area contributed by atoms with Gasteiger partial charge in [-0.1, -0.05) is 86.6 Å². The fraction of sp³-hybridized carbons (Fsp3) is 0.525. The Labute approximate surface area is 317 Å². The topological polar surface area (TPSA) is 173 Å². The van der Waals surface area contributed by atoms with Gasteiger partial charge >= 0.3 is 6.09 Å². The predicted molar refractivity (Wildman–Crippen MR) is 203 cm³/mol. The van der Waals surface area contributed by atoms with Crippen molar-refractivity contribution in [2.24, 2.45) is 16.5 Å². The average molecular weight is 762 g/mol. The zero-order valence-electron chi connectivity index (χ0n) is 31.2. The molecule has 0 bridgehead atoms. The van der Waals surface area contributed by atoms with Gasteiger partial charge in [-0.25, -0.2) is 13.2 Å². The second kappa shape index (κ2) is 15.9. The van der Waals surface area contributed by atoms with Crippen molar-refractivity contribution in [1.82, 2.24) is 20.3 Å². The highest BCUT2D eigenvalue weighted by atomic mass is 32.2. The summed E-state index contributed by atoms with van der Waals surface area (Å²) in [5.41, 5.74) is 0.642. The van der Waals surface area contributed by atoms with Gasteiger partial charge in [0.25, 0.3) is 5.91 Å². The summed E-state index contributed by atoms with van der Waals surface area (Å²) in [5, 5.41) is 9.17. The van der Waals surface area contributed by atoms with Crippen LogP contribution in [0, 0.1) is 11.3 Å². The van der Waals surface area contributed by atoms with E-state index in [4.69, 9.17) is 9.57 Å². The first-order valence-corrected chi connectivity index (χ1v) is 20.4. The standard InChI is InChI=1S/C40H51N5O8S/c1-5-11-29-23-40(29,37(48)44-54(50,51)32-20-21-32)43-35(46)33-22-31(53-41-24-26-16-18-28(19-17-26)27-12-7-6-8-13-27)25-45(33)36(47)34(39(2,3)4)42-38(49)52-30-14-9-10-15-30/h5-8,12-13,16-19,24,29-34H,1,9-11,14-15,20-23,25H2,2-4H3,(H,42,49)(H,43,46)(H,44,48)/b41-24+/t29-,31-,33+,34-,40-/m1/s1. The monoisotopic (exact) mass is 761 g/mol. The zero-order chi connectivity index (χ0) is 38.7. The lowest BCUT2D eigenvalue weighted by molar-refractivity contribution is -0.143. The van der Waals surface area contributed by atoms with Gasteiger partial charge in [-0.05, 0) is 79.4 Å². The molecule has 2 aromatic rings. The summed E-state index contributed by atoms with van der Waals surface area (Å²) in [6.45, 7) is 9.15. The van der Waals surface area contributed by atoms with E-state index in [1.165, 1.54) is 4.90 Å². The molecular formula is C40H51N5O8S. The van der Waals surface area contributed by atoms with Gasteiger partial charge in [0, 0.05) is 6.42 Å². The third-order valence-corrected chi connectivity index (χ3v) is 12.6. The number of oxime groups is 1. The molecule has 4 fully saturated rings. The number of likely N-dealkylation sites (tertiary alicyclic amines) is 1. The van der Waals surface area contributed by atoms with Crippen LogP contribution in [0.5, 0.6) is 0 Å². The van der Waals surface area contributed by atoms with E-state index in [1.54, 1.807) is 12.3 Å². The lowest BCUT2D eigenvalue weighted by Crippen LogP contribution is -2.60. The van der Waals surface area contributed by atoms with Crippen LogP contribution in [0.4, 0.5) is 4.79 Å². The van der Waals surface area contributed by atoms with E-state index in [0.29, 0.717) is 19.3 Å². The second-order valence-electron chi connectivity index (χ2n) is 16.0. The number of ether oxygens (including phenoxy) is 1. The Morgan fingerprint density at radius 1 is 0.981 bits per heavy atom. The van der Waals surface area contributed by atoms with E-state index in [9.17, 15) is 27.6 Å². The van der Waals surface area contributed by atoms with Gasteiger partial charge < -0.3 is 25.1 Å². The van der Waals surface area contributed by atoms with E-state index in [0.717, 1.165) is 42.4 Å². The van der Waals surface area contributed by atoms with Crippen LogP contribution < -0.4 is 15.4 Å². The number of rotatable bonds is 14. The minimum Gasteiger partial charge on any atom is -0.446 e. The summed E-state index contributed by atoms with van der Waals surface area (Å²) >= 11 is 0. The van der Waals surface area contributed by atoms with Crippen LogP contribution in [0.2, 0.25) is 0 Å². The Morgan fingerprint density at radius 3 is 2.28 bits per heavy atom. The molecule has 3 N–H and O–H groups in total. The van der Waals surface area contributed by atoms with Crippen molar-refractivity contribution in [1.29, 1.82) is 0 Å². The fourth-order valence-corrected chi connectivity index (χ4v) is 8.71. The number of nitrogens with zero attached hydrogens (tertiary/aromatic N) is 2. The van der Waals surface area contributed by atoms with E-state index >= 15 is 0 Å². The molecule has 290 valence electrons. The molecule has 1 heterocycles. The maximum atomic E-state index is 14.4. The Hall–Kier alpha value is -4.72. The quantitative estimate of drug-likeness (QED) is 0.140.